The molecule has 0 saturated carbocycles. The Kier molecular flexibility index (Phi) is 3.80. The SMILES string of the molecule is Cc1ccnc(C[n+]2[c-]n(-c3c(C)cc(C)cc3C)cc2)c1. The molecule has 0 aliphatic carbocycles. The first-order valence-corrected chi connectivity index (χ1v) is 7.53. The van der Waals surface area contributed by atoms with E-state index >= 15 is 0 Å². The highest BCUT2D eigenvalue weighted by Crippen LogP contribution is 2.20. The highest BCUT2D eigenvalue weighted by molar-refractivity contribution is 5.48. The molecule has 0 N–H and O–H groups in total. The van der Waals surface area contributed by atoms with Gasteiger partial charge in [0.15, 0.2) is 0 Å². The topological polar surface area (TPSA) is 21.7 Å². The molecule has 1 aromatic carbocycles. The maximum atomic E-state index is 4.41. The highest BCUT2D eigenvalue weighted by atomic mass is 15.1. The average molecular weight is 291 g/mol. The van der Waals surface area contributed by atoms with Crippen LogP contribution in [0.3, 0.4) is 0 Å². The zero-order chi connectivity index (χ0) is 15.7. The number of aromatic nitrogens is 3. The van der Waals surface area contributed by atoms with Gasteiger partial charge in [-0.1, -0.05) is 17.7 Å². The minimum Gasteiger partial charge on any atom is -0.326 e. The van der Waals surface area contributed by atoms with Gasteiger partial charge in [0.25, 0.3) is 0 Å². The van der Waals surface area contributed by atoms with E-state index < -0.39 is 0 Å². The normalized spacial score (nSPS) is 10.9. The number of benzene rings is 1. The van der Waals surface area contributed by atoms with Gasteiger partial charge in [0.1, 0.15) is 6.54 Å². The Morgan fingerprint density at radius 3 is 2.45 bits per heavy atom. The van der Waals surface area contributed by atoms with Crippen molar-refractivity contribution in [2.45, 2.75) is 34.2 Å². The molecule has 0 amide bonds. The number of nitrogens with zero attached hydrogens (tertiary/aromatic N) is 3. The molecule has 22 heavy (non-hydrogen) atoms. The molecule has 0 aliphatic rings. The van der Waals surface area contributed by atoms with Gasteiger partial charge in [-0.3, -0.25) is 4.98 Å². The van der Waals surface area contributed by atoms with E-state index in [2.05, 4.69) is 68.0 Å². The first kappa shape index (κ1) is 14.5. The molecule has 0 saturated heterocycles. The molecule has 0 unspecified atom stereocenters. The van der Waals surface area contributed by atoms with Crippen molar-refractivity contribution in [3.63, 3.8) is 0 Å². The summed E-state index contributed by atoms with van der Waals surface area (Å²) in [6, 6.07) is 8.55. The van der Waals surface area contributed by atoms with Crippen LogP contribution in [-0.2, 0) is 6.54 Å². The van der Waals surface area contributed by atoms with Crippen molar-refractivity contribution < 1.29 is 4.57 Å². The number of hydrogen-bond acceptors (Lipinski definition) is 1. The van der Waals surface area contributed by atoms with Gasteiger partial charge in [-0.15, -0.1) is 0 Å². The summed E-state index contributed by atoms with van der Waals surface area (Å²) in [7, 11) is 0. The van der Waals surface area contributed by atoms with Gasteiger partial charge in [-0.25, -0.2) is 0 Å². The molecular formula is C19H21N3. The fraction of sp³-hybridized carbons (Fsp3) is 0.263. The van der Waals surface area contributed by atoms with Gasteiger partial charge in [0.2, 0.25) is 6.33 Å². The number of rotatable bonds is 3. The number of pyridine rings is 1. The number of hydrogen-bond donors (Lipinski definition) is 0. The van der Waals surface area contributed by atoms with Crippen molar-refractivity contribution in [2.75, 3.05) is 0 Å². The first-order chi connectivity index (χ1) is 10.5. The third-order valence-corrected chi connectivity index (χ3v) is 3.81. The lowest BCUT2D eigenvalue weighted by Gasteiger charge is -2.12. The monoisotopic (exact) mass is 291 g/mol. The molecule has 2 heterocycles. The van der Waals surface area contributed by atoms with Crippen molar-refractivity contribution >= 4 is 0 Å². The van der Waals surface area contributed by atoms with Crippen LogP contribution in [0.5, 0.6) is 0 Å². The standard InChI is InChI=1S/C19H21N3/c1-14-5-6-20-18(11-14)12-21-7-8-22(13-21)19-16(3)9-15(2)10-17(19)4/h5-11H,12H2,1-4H3. The van der Waals surface area contributed by atoms with Gasteiger partial charge < -0.3 is 9.13 Å². The Balaban J connectivity index is 1.91. The van der Waals surface area contributed by atoms with Crippen molar-refractivity contribution in [3.8, 4) is 5.69 Å². The van der Waals surface area contributed by atoms with Gasteiger partial charge in [0.05, 0.1) is 11.4 Å². The summed E-state index contributed by atoms with van der Waals surface area (Å²) in [5, 5.41) is 0. The average Bonchev–Trinajstić information content (AvgIpc) is 2.85. The molecule has 0 fully saturated rings. The van der Waals surface area contributed by atoms with E-state index in [1.165, 1.54) is 27.9 Å². The Hall–Kier alpha value is -2.42. The lowest BCUT2D eigenvalue weighted by atomic mass is 10.1. The molecule has 3 heteroatoms. The lowest BCUT2D eigenvalue weighted by Crippen LogP contribution is -2.32. The molecule has 0 radical (unpaired) electrons. The summed E-state index contributed by atoms with van der Waals surface area (Å²) < 4.78 is 4.11. The number of imidazole rings is 1. The van der Waals surface area contributed by atoms with Gasteiger partial charge in [-0.2, -0.15) is 0 Å². The van der Waals surface area contributed by atoms with Gasteiger partial charge in [0, 0.05) is 18.6 Å². The summed E-state index contributed by atoms with van der Waals surface area (Å²) in [4.78, 5) is 4.41. The van der Waals surface area contributed by atoms with Crippen LogP contribution in [0.25, 0.3) is 5.69 Å². The van der Waals surface area contributed by atoms with Crippen molar-refractivity contribution in [2.24, 2.45) is 0 Å². The zero-order valence-corrected chi connectivity index (χ0v) is 13.6. The highest BCUT2D eigenvalue weighted by Gasteiger charge is 2.07. The molecule has 0 bridgehead atoms. The fourth-order valence-corrected chi connectivity index (χ4v) is 2.98. The van der Waals surface area contributed by atoms with E-state index in [-0.39, 0.29) is 0 Å². The summed E-state index contributed by atoms with van der Waals surface area (Å²) in [5.74, 6) is 0. The maximum Gasteiger partial charge on any atom is 0.243 e. The maximum absolute atomic E-state index is 4.41. The van der Waals surface area contributed by atoms with E-state index in [9.17, 15) is 0 Å². The van der Waals surface area contributed by atoms with Crippen molar-refractivity contribution in [1.29, 1.82) is 0 Å². The molecule has 0 atom stereocenters. The minimum atomic E-state index is 0.735. The summed E-state index contributed by atoms with van der Waals surface area (Å²) in [6.07, 6.45) is 9.35. The van der Waals surface area contributed by atoms with Gasteiger partial charge in [-0.05, 0) is 56.5 Å². The second-order valence-corrected chi connectivity index (χ2v) is 5.97. The summed E-state index contributed by atoms with van der Waals surface area (Å²) >= 11 is 0. The molecule has 0 spiro atoms. The second-order valence-electron chi connectivity index (χ2n) is 5.97. The van der Waals surface area contributed by atoms with E-state index in [1.54, 1.807) is 0 Å². The predicted molar refractivity (Wildman–Crippen MR) is 87.1 cm³/mol. The van der Waals surface area contributed by atoms with E-state index in [0.717, 1.165) is 12.2 Å². The molecule has 3 aromatic rings. The van der Waals surface area contributed by atoms with Crippen molar-refractivity contribution in [1.82, 2.24) is 9.55 Å². The van der Waals surface area contributed by atoms with E-state index in [1.807, 2.05) is 23.0 Å². The Morgan fingerprint density at radius 2 is 1.77 bits per heavy atom. The lowest BCUT2D eigenvalue weighted by molar-refractivity contribution is -0.692. The largest absolute Gasteiger partial charge is 0.326 e. The van der Waals surface area contributed by atoms with Crippen LogP contribution in [0.4, 0.5) is 0 Å². The molecular weight excluding hydrogens is 270 g/mol. The quantitative estimate of drug-likeness (QED) is 0.536. The molecule has 3 nitrogen and oxygen atoms in total. The predicted octanol–water partition coefficient (Wildman–Crippen LogP) is 3.24. The smallest absolute Gasteiger partial charge is 0.243 e. The Labute approximate surface area is 131 Å². The summed E-state index contributed by atoms with van der Waals surface area (Å²) in [6.45, 7) is 9.25. The van der Waals surface area contributed by atoms with Crippen LogP contribution in [0.15, 0.2) is 42.9 Å². The molecule has 3 rings (SSSR count). The first-order valence-electron chi connectivity index (χ1n) is 7.53. The van der Waals surface area contributed by atoms with Crippen LogP contribution in [0.1, 0.15) is 27.9 Å². The van der Waals surface area contributed by atoms with E-state index in [0.29, 0.717) is 0 Å². The summed E-state index contributed by atoms with van der Waals surface area (Å²) in [5.41, 5.74) is 7.33. The van der Waals surface area contributed by atoms with E-state index in [4.69, 9.17) is 0 Å². The molecule has 0 aliphatic heterocycles. The second kappa shape index (κ2) is 5.76. The third-order valence-electron chi connectivity index (χ3n) is 3.81. The van der Waals surface area contributed by atoms with Crippen LogP contribution >= 0.6 is 0 Å². The zero-order valence-electron chi connectivity index (χ0n) is 13.6. The van der Waals surface area contributed by atoms with Gasteiger partial charge >= 0.3 is 0 Å². The molecule has 2 aromatic heterocycles. The minimum absolute atomic E-state index is 0.735. The third kappa shape index (κ3) is 2.93. The van der Waals surface area contributed by atoms with Crippen LogP contribution in [0.2, 0.25) is 0 Å². The van der Waals surface area contributed by atoms with Crippen LogP contribution in [0, 0.1) is 34.0 Å². The number of aryl methyl sites for hydroxylation is 4. The van der Waals surface area contributed by atoms with Crippen LogP contribution in [-0.4, -0.2) is 9.55 Å². The Morgan fingerprint density at radius 1 is 1.05 bits per heavy atom. The van der Waals surface area contributed by atoms with Crippen molar-refractivity contribution in [3.05, 3.63) is 77.1 Å². The van der Waals surface area contributed by atoms with Crippen LogP contribution < -0.4 is 4.57 Å². The molecule has 112 valence electrons. The Bertz CT molecular complexity index is 792. The fourth-order valence-electron chi connectivity index (χ4n) is 2.98.